The topological polar surface area (TPSA) is 242 Å². The van der Waals surface area contributed by atoms with Crippen LogP contribution in [0.5, 0.6) is 0 Å². The van der Waals surface area contributed by atoms with Crippen LogP contribution < -0.4 is 26.2 Å². The lowest BCUT2D eigenvalue weighted by Gasteiger charge is -2.27. The number of rotatable bonds is 28. The van der Waals surface area contributed by atoms with Gasteiger partial charge in [0.05, 0.1) is 119 Å². The van der Waals surface area contributed by atoms with Gasteiger partial charge in [-0.1, -0.05) is 30.4 Å². The highest BCUT2D eigenvalue weighted by Gasteiger charge is 2.59. The predicted octanol–water partition coefficient (Wildman–Crippen LogP) is 3.50. The summed E-state index contributed by atoms with van der Waals surface area (Å²) in [5.74, 6) is -3.13. The van der Waals surface area contributed by atoms with E-state index in [1.54, 1.807) is 48.7 Å². The van der Waals surface area contributed by atoms with Crippen LogP contribution in [0, 0.1) is 23.7 Å². The first-order valence-corrected chi connectivity index (χ1v) is 24.8. The van der Waals surface area contributed by atoms with Crippen molar-refractivity contribution in [3.63, 3.8) is 0 Å². The molecule has 0 spiro atoms. The van der Waals surface area contributed by atoms with Gasteiger partial charge in [-0.15, -0.1) is 0 Å². The Balaban J connectivity index is 0.558. The van der Waals surface area contributed by atoms with Crippen molar-refractivity contribution in [1.82, 2.24) is 20.5 Å². The summed E-state index contributed by atoms with van der Waals surface area (Å²) in [6, 6.07) is 18.1. The molecule has 73 heavy (non-hydrogen) atoms. The number of piperidine rings is 1. The zero-order chi connectivity index (χ0) is 50.7. The molecular formula is C53H59N7O13. The first-order valence-electron chi connectivity index (χ1n) is 24.8. The van der Waals surface area contributed by atoms with Crippen molar-refractivity contribution in [1.29, 1.82) is 0 Å². The average Bonchev–Trinajstić information content (AvgIpc) is 4.15. The molecule has 4 N–H and O–H groups in total. The Kier molecular flexibility index (Phi) is 17.0. The predicted molar refractivity (Wildman–Crippen MR) is 265 cm³/mol. The maximum absolute atomic E-state index is 13.4. The number of allylic oxidation sites excluding steroid dienone is 2. The monoisotopic (exact) mass is 1000 g/mol. The van der Waals surface area contributed by atoms with E-state index in [0.717, 1.165) is 22.3 Å². The number of carbonyl (C=O) groups excluding carboxylic acids is 7. The van der Waals surface area contributed by atoms with Crippen LogP contribution in [0.25, 0.3) is 10.9 Å². The third-order valence-electron chi connectivity index (χ3n) is 13.6. The second-order valence-corrected chi connectivity index (χ2v) is 18.1. The summed E-state index contributed by atoms with van der Waals surface area (Å²) in [5, 5.41) is 12.6. The molecule has 1 aromatic heterocycles. The van der Waals surface area contributed by atoms with Gasteiger partial charge in [-0.3, -0.25) is 53.7 Å². The average molecular weight is 1000 g/mol. The van der Waals surface area contributed by atoms with Gasteiger partial charge in [0.1, 0.15) is 6.04 Å². The number of nitrogens with zero attached hydrogens (tertiary/aromatic N) is 3. The summed E-state index contributed by atoms with van der Waals surface area (Å²) in [6.07, 6.45) is 6.88. The standard InChI is InChI=1S/C53H59N7O13/c61-43-14-13-42(49(63)58-43)60-50(64)39-4-2-5-40(46(39)53(60)67)55-18-20-69-22-24-71-26-28-73-30-29-72-27-25-70-23-21-68-19-17-54-32-36-15-16-56-47-38(36)3-1-6-41(47)57-48(62)33-9-11-37(12-10-33)59-51(65)44-34-7-8-35(31-34)45(44)52(59)66/h1-12,15-16,34-35,42,44-45,54-55H,13-14,17-32H2,(H,57,62)(H,58,61,63)/t34-,35?,42?,44-,45+/m0/s1. The van der Waals surface area contributed by atoms with Crippen LogP contribution in [0.2, 0.25) is 0 Å². The van der Waals surface area contributed by atoms with Gasteiger partial charge in [-0.2, -0.15) is 0 Å². The van der Waals surface area contributed by atoms with Gasteiger partial charge in [-0.25, -0.2) is 0 Å². The second kappa shape index (κ2) is 24.3. The molecule has 0 radical (unpaired) electrons. The van der Waals surface area contributed by atoms with E-state index in [-0.39, 0.29) is 65.4 Å². The first kappa shape index (κ1) is 51.1. The molecule has 384 valence electrons. The van der Waals surface area contributed by atoms with Crippen molar-refractivity contribution in [2.75, 3.05) is 108 Å². The fraction of sp³-hybridized carbons (Fsp3) is 0.434. The molecule has 2 unspecified atom stereocenters. The number of amides is 7. The normalized spacial score (nSPS) is 20.9. The van der Waals surface area contributed by atoms with Gasteiger partial charge in [0.2, 0.25) is 23.6 Å². The lowest BCUT2D eigenvalue weighted by Crippen LogP contribution is -2.54. The van der Waals surface area contributed by atoms with E-state index in [2.05, 4.69) is 38.4 Å². The van der Waals surface area contributed by atoms with Crippen molar-refractivity contribution in [2.24, 2.45) is 23.7 Å². The number of aromatic nitrogens is 1. The molecule has 3 aliphatic heterocycles. The van der Waals surface area contributed by atoms with Crippen LogP contribution in [0.3, 0.4) is 0 Å². The lowest BCUT2D eigenvalue weighted by atomic mass is 9.85. The van der Waals surface area contributed by atoms with Gasteiger partial charge in [0.15, 0.2) is 0 Å². The fourth-order valence-corrected chi connectivity index (χ4v) is 10.1. The molecule has 3 fully saturated rings. The Morgan fingerprint density at radius 2 is 1.25 bits per heavy atom. The minimum Gasteiger partial charge on any atom is -0.382 e. The number of benzene rings is 3. The Morgan fingerprint density at radius 3 is 1.88 bits per heavy atom. The molecule has 2 bridgehead atoms. The minimum atomic E-state index is -1.02. The Labute approximate surface area is 421 Å². The molecule has 2 aliphatic carbocycles. The zero-order valence-corrected chi connectivity index (χ0v) is 40.3. The molecular weight excluding hydrogens is 943 g/mol. The number of hydrogen-bond acceptors (Lipinski definition) is 16. The summed E-state index contributed by atoms with van der Waals surface area (Å²) in [7, 11) is 0. The van der Waals surface area contributed by atoms with Gasteiger partial charge < -0.3 is 44.4 Å². The molecule has 7 amide bonds. The van der Waals surface area contributed by atoms with Crippen LogP contribution in [0.1, 0.15) is 55.9 Å². The highest BCUT2D eigenvalue weighted by Crippen LogP contribution is 2.53. The van der Waals surface area contributed by atoms with E-state index in [1.807, 2.05) is 24.3 Å². The number of ether oxygens (including phenoxy) is 6. The maximum atomic E-state index is 13.4. The molecule has 3 aromatic carbocycles. The Bertz CT molecular complexity index is 2700. The number of fused-ring (bicyclic) bond motifs is 7. The number of para-hydroxylation sites is 1. The molecule has 20 heteroatoms. The van der Waals surface area contributed by atoms with Crippen LogP contribution >= 0.6 is 0 Å². The van der Waals surface area contributed by atoms with Gasteiger partial charge in [0, 0.05) is 48.9 Å². The Hall–Kier alpha value is -6.78. The minimum absolute atomic E-state index is 0.0561. The van der Waals surface area contributed by atoms with Crippen molar-refractivity contribution < 1.29 is 62.0 Å². The van der Waals surface area contributed by atoms with Gasteiger partial charge in [-0.05, 0) is 78.8 Å². The van der Waals surface area contributed by atoms with E-state index in [4.69, 9.17) is 28.4 Å². The van der Waals surface area contributed by atoms with E-state index in [1.165, 1.54) is 4.90 Å². The Morgan fingerprint density at radius 1 is 0.658 bits per heavy atom. The molecule has 4 heterocycles. The maximum Gasteiger partial charge on any atom is 0.264 e. The fourth-order valence-electron chi connectivity index (χ4n) is 10.1. The van der Waals surface area contributed by atoms with E-state index >= 15 is 0 Å². The smallest absolute Gasteiger partial charge is 0.264 e. The molecule has 4 aromatic rings. The van der Waals surface area contributed by atoms with Crippen LogP contribution in [0.4, 0.5) is 17.1 Å². The molecule has 5 aliphatic rings. The summed E-state index contributed by atoms with van der Waals surface area (Å²) < 4.78 is 33.6. The van der Waals surface area contributed by atoms with Crippen LogP contribution in [0.15, 0.2) is 85.1 Å². The zero-order valence-electron chi connectivity index (χ0n) is 40.3. The van der Waals surface area contributed by atoms with E-state index < -0.39 is 29.7 Å². The SMILES string of the molecule is O=C1CCC(N2C(=O)c3cccc(NCCOCCOCCOCCOCCOCCOCCNCc4ccnc5c(NC(=O)c6ccc(N7C(=O)[C@@H]8[C@H](C7=O)C7C=C[C@H]8C7)cc6)cccc45)c3C2=O)C(=O)N1. The molecule has 20 nitrogen and oxygen atoms in total. The number of imide groups is 3. The summed E-state index contributed by atoms with van der Waals surface area (Å²) in [4.78, 5) is 96.8. The summed E-state index contributed by atoms with van der Waals surface area (Å²) in [5.41, 5.74) is 4.01. The van der Waals surface area contributed by atoms with Crippen molar-refractivity contribution in [3.05, 3.63) is 107 Å². The summed E-state index contributed by atoms with van der Waals surface area (Å²) in [6.45, 7) is 6.50. The summed E-state index contributed by atoms with van der Waals surface area (Å²) >= 11 is 0. The van der Waals surface area contributed by atoms with Crippen molar-refractivity contribution >= 4 is 69.3 Å². The molecule has 9 rings (SSSR count). The third kappa shape index (κ3) is 11.7. The quantitative estimate of drug-likeness (QED) is 0.0362. The second-order valence-electron chi connectivity index (χ2n) is 18.1. The number of pyridine rings is 1. The number of nitrogens with one attached hydrogen (secondary N) is 4. The molecule has 1 saturated carbocycles. The van der Waals surface area contributed by atoms with Crippen LogP contribution in [-0.4, -0.2) is 150 Å². The van der Waals surface area contributed by atoms with Crippen molar-refractivity contribution in [2.45, 2.75) is 31.8 Å². The number of carbonyl (C=O) groups is 7. The highest BCUT2D eigenvalue weighted by atomic mass is 16.6. The highest BCUT2D eigenvalue weighted by molar-refractivity contribution is 6.26. The third-order valence-corrected chi connectivity index (χ3v) is 13.6. The van der Waals surface area contributed by atoms with E-state index in [9.17, 15) is 33.6 Å². The van der Waals surface area contributed by atoms with Gasteiger partial charge >= 0.3 is 0 Å². The van der Waals surface area contributed by atoms with Crippen molar-refractivity contribution in [3.8, 4) is 0 Å². The molecule has 5 atom stereocenters. The lowest BCUT2D eigenvalue weighted by molar-refractivity contribution is -0.136. The van der Waals surface area contributed by atoms with E-state index in [0.29, 0.717) is 127 Å². The van der Waals surface area contributed by atoms with Crippen LogP contribution in [-0.2, 0) is 54.1 Å². The number of anilines is 3. The largest absolute Gasteiger partial charge is 0.382 e. The first-order chi connectivity index (χ1) is 35.7. The van der Waals surface area contributed by atoms with Gasteiger partial charge in [0.25, 0.3) is 17.7 Å². The number of hydrogen-bond donors (Lipinski definition) is 4. The molecule has 2 saturated heterocycles.